The van der Waals surface area contributed by atoms with E-state index < -0.39 is 5.91 Å². The summed E-state index contributed by atoms with van der Waals surface area (Å²) in [6.45, 7) is 2.67. The summed E-state index contributed by atoms with van der Waals surface area (Å²) >= 11 is 0. The summed E-state index contributed by atoms with van der Waals surface area (Å²) in [5.74, 6) is 0.640. The number of fused-ring (bicyclic) bond motifs is 1. The van der Waals surface area contributed by atoms with Gasteiger partial charge in [0.05, 0.1) is 19.4 Å². The van der Waals surface area contributed by atoms with Crippen molar-refractivity contribution in [3.8, 4) is 11.5 Å². The Kier molecular flexibility index (Phi) is 8.13. The Labute approximate surface area is 210 Å². The van der Waals surface area contributed by atoms with Crippen LogP contribution in [0.5, 0.6) is 11.5 Å². The molecule has 184 valence electrons. The lowest BCUT2D eigenvalue weighted by Crippen LogP contribution is -2.33. The van der Waals surface area contributed by atoms with E-state index in [0.29, 0.717) is 18.6 Å². The number of hydrogen-bond donors (Lipinski definition) is 2. The first-order chi connectivity index (χ1) is 17.6. The molecule has 7 heteroatoms. The molecule has 0 fully saturated rings. The van der Waals surface area contributed by atoms with Crippen LogP contribution in [0.2, 0.25) is 0 Å². The average Bonchev–Trinajstić information content (AvgIpc) is 3.33. The maximum atomic E-state index is 13.1. The van der Waals surface area contributed by atoms with E-state index in [1.807, 2.05) is 55.5 Å². The number of nitrogens with one attached hydrogen (secondary N) is 2. The minimum atomic E-state index is -0.514. The molecule has 4 rings (SSSR count). The van der Waals surface area contributed by atoms with E-state index >= 15 is 0 Å². The molecule has 0 atom stereocenters. The van der Waals surface area contributed by atoms with Gasteiger partial charge in [-0.2, -0.15) is 5.10 Å². The number of hydrazone groups is 1. The number of ether oxygens (including phenoxy) is 2. The fourth-order valence-corrected chi connectivity index (χ4v) is 3.86. The van der Waals surface area contributed by atoms with E-state index in [-0.39, 0.29) is 11.6 Å². The molecule has 1 aliphatic rings. The third-order valence-corrected chi connectivity index (χ3v) is 5.74. The molecule has 2 amide bonds. The van der Waals surface area contributed by atoms with Crippen LogP contribution >= 0.6 is 0 Å². The van der Waals surface area contributed by atoms with Crippen molar-refractivity contribution >= 4 is 23.6 Å². The number of carbonyl (C=O) groups excluding carboxylic acids is 2. The normalized spacial score (nSPS) is 13.7. The van der Waals surface area contributed by atoms with Crippen molar-refractivity contribution in [1.29, 1.82) is 0 Å². The summed E-state index contributed by atoms with van der Waals surface area (Å²) in [4.78, 5) is 26.0. The Morgan fingerprint density at radius 1 is 0.972 bits per heavy atom. The highest BCUT2D eigenvalue weighted by Gasteiger charge is 2.20. The van der Waals surface area contributed by atoms with E-state index in [1.165, 1.54) is 0 Å². The zero-order chi connectivity index (χ0) is 25.3. The molecule has 36 heavy (non-hydrogen) atoms. The summed E-state index contributed by atoms with van der Waals surface area (Å²) in [7, 11) is 1.63. The van der Waals surface area contributed by atoms with Crippen molar-refractivity contribution in [2.45, 2.75) is 26.2 Å². The van der Waals surface area contributed by atoms with Gasteiger partial charge in [0.2, 0.25) is 0 Å². The number of rotatable bonds is 9. The van der Waals surface area contributed by atoms with Gasteiger partial charge < -0.3 is 14.8 Å². The maximum absolute atomic E-state index is 13.1. The summed E-state index contributed by atoms with van der Waals surface area (Å²) < 4.78 is 10.9. The second-order valence-electron chi connectivity index (χ2n) is 8.32. The fraction of sp³-hybridized carbons (Fsp3) is 0.207. The Balaban J connectivity index is 1.55. The quantitative estimate of drug-likeness (QED) is 0.340. The molecule has 0 unspecified atom stereocenters. The van der Waals surface area contributed by atoms with Gasteiger partial charge in [-0.15, -0.1) is 0 Å². The standard InChI is InChI=1S/C29H29N3O4/c1-3-17-36-23-12-9-20(10-13-23)18-27(30-28(33)21-7-5-4-6-8-21)29(34)32-31-26-16-11-22-19-24(35-2)14-15-25(22)26/h4-10,12-15,18-19H,3,11,16-17H2,1-2H3,(H,30,33)(H,32,34)/b27-18+,31-26+. The van der Waals surface area contributed by atoms with Crippen molar-refractivity contribution < 1.29 is 19.1 Å². The maximum Gasteiger partial charge on any atom is 0.287 e. The molecule has 0 aromatic heterocycles. The van der Waals surface area contributed by atoms with Crippen LogP contribution in [0.3, 0.4) is 0 Å². The molecular formula is C29H29N3O4. The lowest BCUT2D eigenvalue weighted by molar-refractivity contribution is -0.117. The lowest BCUT2D eigenvalue weighted by Gasteiger charge is -2.10. The Morgan fingerprint density at radius 3 is 2.44 bits per heavy atom. The van der Waals surface area contributed by atoms with Gasteiger partial charge in [0.25, 0.3) is 11.8 Å². The van der Waals surface area contributed by atoms with Crippen molar-refractivity contribution in [3.63, 3.8) is 0 Å². The van der Waals surface area contributed by atoms with Crippen LogP contribution in [-0.4, -0.2) is 31.2 Å². The van der Waals surface area contributed by atoms with Crippen LogP contribution in [0, 0.1) is 0 Å². The number of aryl methyl sites for hydroxylation is 1. The Hall–Kier alpha value is -4.39. The van der Waals surface area contributed by atoms with Crippen LogP contribution in [-0.2, 0) is 11.2 Å². The van der Waals surface area contributed by atoms with Crippen LogP contribution in [0.25, 0.3) is 6.08 Å². The molecule has 0 saturated heterocycles. The van der Waals surface area contributed by atoms with Gasteiger partial charge in [-0.25, -0.2) is 5.43 Å². The second-order valence-corrected chi connectivity index (χ2v) is 8.32. The highest BCUT2D eigenvalue weighted by atomic mass is 16.5. The second kappa shape index (κ2) is 11.8. The molecule has 0 spiro atoms. The third kappa shape index (κ3) is 6.18. The van der Waals surface area contributed by atoms with Gasteiger partial charge in [-0.1, -0.05) is 37.3 Å². The minimum absolute atomic E-state index is 0.0865. The van der Waals surface area contributed by atoms with Crippen LogP contribution in [0.4, 0.5) is 0 Å². The first-order valence-corrected chi connectivity index (χ1v) is 11.9. The lowest BCUT2D eigenvalue weighted by atomic mass is 10.1. The number of carbonyl (C=O) groups is 2. The highest BCUT2D eigenvalue weighted by molar-refractivity contribution is 6.08. The van der Waals surface area contributed by atoms with E-state index in [0.717, 1.165) is 46.7 Å². The van der Waals surface area contributed by atoms with Gasteiger partial charge in [0, 0.05) is 11.1 Å². The van der Waals surface area contributed by atoms with Gasteiger partial charge in [0.15, 0.2) is 0 Å². The molecule has 0 saturated carbocycles. The Morgan fingerprint density at radius 2 is 1.72 bits per heavy atom. The summed E-state index contributed by atoms with van der Waals surface area (Å²) in [5.41, 5.74) is 6.79. The molecule has 3 aromatic carbocycles. The zero-order valence-corrected chi connectivity index (χ0v) is 20.4. The number of hydrogen-bond acceptors (Lipinski definition) is 5. The van der Waals surface area contributed by atoms with Crippen molar-refractivity contribution in [3.05, 3.63) is 101 Å². The fourth-order valence-electron chi connectivity index (χ4n) is 3.86. The molecule has 0 radical (unpaired) electrons. The predicted molar refractivity (Wildman–Crippen MR) is 140 cm³/mol. The zero-order valence-electron chi connectivity index (χ0n) is 20.4. The molecule has 2 N–H and O–H groups in total. The SMILES string of the molecule is CCCOc1ccc(/C=C(/NC(=O)c2ccccc2)C(=O)N/N=C2\CCc3cc(OC)ccc32)cc1. The van der Waals surface area contributed by atoms with Gasteiger partial charge in [-0.3, -0.25) is 9.59 Å². The number of methoxy groups -OCH3 is 1. The molecule has 1 aliphatic carbocycles. The molecule has 0 aliphatic heterocycles. The average molecular weight is 484 g/mol. The van der Waals surface area contributed by atoms with Gasteiger partial charge >= 0.3 is 0 Å². The van der Waals surface area contributed by atoms with E-state index in [9.17, 15) is 9.59 Å². The molecule has 0 heterocycles. The summed E-state index contributed by atoms with van der Waals surface area (Å²) in [5, 5.41) is 7.11. The largest absolute Gasteiger partial charge is 0.497 e. The summed E-state index contributed by atoms with van der Waals surface area (Å²) in [6, 6.07) is 21.9. The van der Waals surface area contributed by atoms with Crippen LogP contribution in [0.15, 0.2) is 83.6 Å². The Bertz CT molecular complexity index is 1280. The number of benzene rings is 3. The van der Waals surface area contributed by atoms with Gasteiger partial charge in [-0.05, 0) is 78.9 Å². The smallest absolute Gasteiger partial charge is 0.287 e. The van der Waals surface area contributed by atoms with Gasteiger partial charge in [0.1, 0.15) is 17.2 Å². The van der Waals surface area contributed by atoms with Crippen LogP contribution in [0.1, 0.15) is 46.8 Å². The highest BCUT2D eigenvalue weighted by Crippen LogP contribution is 2.26. The van der Waals surface area contributed by atoms with Crippen molar-refractivity contribution in [1.82, 2.24) is 10.7 Å². The van der Waals surface area contributed by atoms with Crippen molar-refractivity contribution in [2.24, 2.45) is 5.10 Å². The van der Waals surface area contributed by atoms with Crippen molar-refractivity contribution in [2.75, 3.05) is 13.7 Å². The van der Waals surface area contributed by atoms with E-state index in [1.54, 1.807) is 37.5 Å². The number of amides is 2. The first kappa shape index (κ1) is 24.7. The predicted octanol–water partition coefficient (Wildman–Crippen LogP) is 4.72. The van der Waals surface area contributed by atoms with Crippen LogP contribution < -0.4 is 20.2 Å². The third-order valence-electron chi connectivity index (χ3n) is 5.74. The van der Waals surface area contributed by atoms with E-state index in [4.69, 9.17) is 9.47 Å². The molecule has 3 aromatic rings. The summed E-state index contributed by atoms with van der Waals surface area (Å²) in [6.07, 6.45) is 4.06. The molecule has 7 nitrogen and oxygen atoms in total. The monoisotopic (exact) mass is 483 g/mol. The molecule has 0 bridgehead atoms. The molecular weight excluding hydrogens is 454 g/mol. The topological polar surface area (TPSA) is 89.0 Å². The minimum Gasteiger partial charge on any atom is -0.497 e. The first-order valence-electron chi connectivity index (χ1n) is 11.9. The van der Waals surface area contributed by atoms with E-state index in [2.05, 4.69) is 15.8 Å². The number of nitrogens with zero attached hydrogens (tertiary/aromatic N) is 1.